The number of hydrogen-bond acceptors (Lipinski definition) is 3. The van der Waals surface area contributed by atoms with Crippen molar-refractivity contribution in [2.45, 2.75) is 58.7 Å². The molecule has 0 unspecified atom stereocenters. The van der Waals surface area contributed by atoms with Crippen LogP contribution in [-0.4, -0.2) is 24.9 Å². The molecule has 5 heteroatoms. The van der Waals surface area contributed by atoms with Gasteiger partial charge >= 0.3 is 7.12 Å². The highest BCUT2D eigenvalue weighted by Crippen LogP contribution is 2.37. The minimum absolute atomic E-state index is 0. The first-order chi connectivity index (χ1) is 9.30. The number of anilines is 1. The van der Waals surface area contributed by atoms with Gasteiger partial charge in [0, 0.05) is 12.2 Å². The summed E-state index contributed by atoms with van der Waals surface area (Å²) in [6.07, 6.45) is 2.33. The molecule has 21 heavy (non-hydrogen) atoms. The zero-order valence-electron chi connectivity index (χ0n) is 13.6. The normalized spacial score (nSPS) is 22.2. The number of nitrogens with one attached hydrogen (secondary N) is 1. The SMILES string of the molecule is Cc1cc(B2OC(C)(C)C(C)(C)O2)cc2c1NCCC2.Cl. The second-order valence-electron chi connectivity index (χ2n) is 6.99. The fourth-order valence-corrected chi connectivity index (χ4v) is 2.95. The van der Waals surface area contributed by atoms with Gasteiger partial charge in [-0.05, 0) is 64.1 Å². The Labute approximate surface area is 134 Å². The highest BCUT2D eigenvalue weighted by molar-refractivity contribution is 6.62. The van der Waals surface area contributed by atoms with Crippen molar-refractivity contribution in [3.63, 3.8) is 0 Å². The fourth-order valence-electron chi connectivity index (χ4n) is 2.95. The van der Waals surface area contributed by atoms with Gasteiger partial charge in [-0.15, -0.1) is 12.4 Å². The number of aryl methyl sites for hydroxylation is 2. The Kier molecular flexibility index (Phi) is 4.36. The molecule has 1 aromatic carbocycles. The summed E-state index contributed by atoms with van der Waals surface area (Å²) in [5.41, 5.74) is 4.56. The number of benzene rings is 1. The van der Waals surface area contributed by atoms with Gasteiger partial charge in [-0.25, -0.2) is 0 Å². The van der Waals surface area contributed by atoms with Crippen LogP contribution in [0.2, 0.25) is 0 Å². The van der Waals surface area contributed by atoms with Crippen LogP contribution < -0.4 is 10.8 Å². The van der Waals surface area contributed by atoms with Crippen molar-refractivity contribution in [1.29, 1.82) is 0 Å². The van der Waals surface area contributed by atoms with E-state index in [4.69, 9.17) is 9.31 Å². The molecule has 1 saturated heterocycles. The van der Waals surface area contributed by atoms with Crippen LogP contribution in [0.3, 0.4) is 0 Å². The van der Waals surface area contributed by atoms with E-state index in [-0.39, 0.29) is 30.7 Å². The molecule has 1 aromatic rings. The van der Waals surface area contributed by atoms with Crippen LogP contribution in [0.15, 0.2) is 12.1 Å². The average Bonchev–Trinajstić information content (AvgIpc) is 2.58. The molecule has 3 nitrogen and oxygen atoms in total. The van der Waals surface area contributed by atoms with Crippen molar-refractivity contribution < 1.29 is 9.31 Å². The van der Waals surface area contributed by atoms with Crippen LogP contribution in [0.4, 0.5) is 5.69 Å². The number of hydrogen-bond donors (Lipinski definition) is 1. The molecule has 2 aliphatic heterocycles. The van der Waals surface area contributed by atoms with Gasteiger partial charge in [-0.3, -0.25) is 0 Å². The first-order valence-corrected chi connectivity index (χ1v) is 7.53. The summed E-state index contributed by atoms with van der Waals surface area (Å²) in [7, 11) is -0.258. The van der Waals surface area contributed by atoms with Gasteiger partial charge in [0.15, 0.2) is 0 Å². The third-order valence-corrected chi connectivity index (χ3v) is 4.89. The van der Waals surface area contributed by atoms with Crippen LogP contribution in [-0.2, 0) is 15.7 Å². The van der Waals surface area contributed by atoms with E-state index in [2.05, 4.69) is 52.1 Å². The van der Waals surface area contributed by atoms with Gasteiger partial charge in [-0.1, -0.05) is 12.1 Å². The lowest BCUT2D eigenvalue weighted by Crippen LogP contribution is -2.41. The van der Waals surface area contributed by atoms with Gasteiger partial charge in [-0.2, -0.15) is 0 Å². The molecular weight excluding hydrogens is 284 g/mol. The maximum atomic E-state index is 6.15. The zero-order chi connectivity index (χ0) is 14.5. The summed E-state index contributed by atoms with van der Waals surface area (Å²) in [4.78, 5) is 0. The summed E-state index contributed by atoms with van der Waals surface area (Å²) in [5, 5.41) is 3.50. The van der Waals surface area contributed by atoms with Crippen molar-refractivity contribution in [1.82, 2.24) is 0 Å². The van der Waals surface area contributed by atoms with E-state index in [1.54, 1.807) is 0 Å². The van der Waals surface area contributed by atoms with Gasteiger partial charge in [0.05, 0.1) is 11.2 Å². The fraction of sp³-hybridized carbons (Fsp3) is 0.625. The van der Waals surface area contributed by atoms with Crippen LogP contribution in [0.25, 0.3) is 0 Å². The summed E-state index contributed by atoms with van der Waals surface area (Å²) >= 11 is 0. The molecule has 0 atom stereocenters. The maximum absolute atomic E-state index is 6.15. The van der Waals surface area contributed by atoms with Crippen LogP contribution in [0.5, 0.6) is 0 Å². The third kappa shape index (κ3) is 2.81. The predicted molar refractivity (Wildman–Crippen MR) is 91.0 cm³/mol. The lowest BCUT2D eigenvalue weighted by atomic mass is 9.76. The van der Waals surface area contributed by atoms with E-state index >= 15 is 0 Å². The van der Waals surface area contributed by atoms with Gasteiger partial charge in [0.1, 0.15) is 0 Å². The molecule has 3 rings (SSSR count). The minimum Gasteiger partial charge on any atom is -0.399 e. The smallest absolute Gasteiger partial charge is 0.399 e. The van der Waals surface area contributed by atoms with Gasteiger partial charge in [0.25, 0.3) is 0 Å². The van der Waals surface area contributed by atoms with Crippen LogP contribution >= 0.6 is 12.4 Å². The van der Waals surface area contributed by atoms with E-state index in [0.29, 0.717) is 0 Å². The van der Waals surface area contributed by atoms with Crippen molar-refractivity contribution in [3.05, 3.63) is 23.3 Å². The van der Waals surface area contributed by atoms with E-state index in [1.165, 1.54) is 23.2 Å². The molecule has 0 bridgehead atoms. The van der Waals surface area contributed by atoms with E-state index in [0.717, 1.165) is 18.4 Å². The molecule has 0 amide bonds. The van der Waals surface area contributed by atoms with Crippen LogP contribution in [0, 0.1) is 6.92 Å². The van der Waals surface area contributed by atoms with Crippen molar-refractivity contribution in [2.24, 2.45) is 0 Å². The Morgan fingerprint density at radius 3 is 2.33 bits per heavy atom. The van der Waals surface area contributed by atoms with Gasteiger partial charge in [0.2, 0.25) is 0 Å². The van der Waals surface area contributed by atoms with E-state index < -0.39 is 0 Å². The van der Waals surface area contributed by atoms with Crippen molar-refractivity contribution in [3.8, 4) is 0 Å². The Morgan fingerprint density at radius 1 is 1.10 bits per heavy atom. The highest BCUT2D eigenvalue weighted by atomic mass is 35.5. The van der Waals surface area contributed by atoms with Crippen molar-refractivity contribution in [2.75, 3.05) is 11.9 Å². The molecule has 0 radical (unpaired) electrons. The molecule has 2 heterocycles. The molecule has 2 aliphatic rings. The maximum Gasteiger partial charge on any atom is 0.494 e. The molecule has 0 aromatic heterocycles. The van der Waals surface area contributed by atoms with E-state index in [1.807, 2.05) is 0 Å². The second-order valence-corrected chi connectivity index (χ2v) is 6.99. The first kappa shape index (κ1) is 16.7. The molecular formula is C16H25BClNO2. The molecule has 0 aliphatic carbocycles. The largest absolute Gasteiger partial charge is 0.494 e. The molecule has 116 valence electrons. The third-order valence-electron chi connectivity index (χ3n) is 4.89. The Hall–Kier alpha value is -0.705. The van der Waals surface area contributed by atoms with Crippen LogP contribution in [0.1, 0.15) is 45.2 Å². The zero-order valence-corrected chi connectivity index (χ0v) is 14.4. The molecule has 0 saturated carbocycles. The quantitative estimate of drug-likeness (QED) is 0.809. The Bertz CT molecular complexity index is 529. The second kappa shape index (κ2) is 5.49. The Morgan fingerprint density at radius 2 is 1.71 bits per heavy atom. The first-order valence-electron chi connectivity index (χ1n) is 7.53. The monoisotopic (exact) mass is 309 g/mol. The highest BCUT2D eigenvalue weighted by Gasteiger charge is 2.51. The van der Waals surface area contributed by atoms with E-state index in [9.17, 15) is 0 Å². The Balaban J connectivity index is 0.00000161. The topological polar surface area (TPSA) is 30.5 Å². The van der Waals surface area contributed by atoms with Gasteiger partial charge < -0.3 is 14.6 Å². The summed E-state index contributed by atoms with van der Waals surface area (Å²) in [6.45, 7) is 11.6. The standard InChI is InChI=1S/C16H24BNO2.ClH/c1-11-9-13(10-12-7-6-8-18-14(11)12)17-19-15(2,3)16(4,5)20-17;/h9-10,18H,6-8H2,1-5H3;1H. The molecule has 0 spiro atoms. The summed E-state index contributed by atoms with van der Waals surface area (Å²) in [6, 6.07) is 4.44. The predicted octanol–water partition coefficient (Wildman–Crippen LogP) is 3.07. The number of rotatable bonds is 1. The minimum atomic E-state index is -0.278. The molecule has 1 N–H and O–H groups in total. The lowest BCUT2D eigenvalue weighted by Gasteiger charge is -2.32. The average molecular weight is 310 g/mol. The summed E-state index contributed by atoms with van der Waals surface area (Å²) < 4.78 is 12.3. The molecule has 1 fully saturated rings. The summed E-state index contributed by atoms with van der Waals surface area (Å²) in [5.74, 6) is 0. The van der Waals surface area contributed by atoms with Crippen molar-refractivity contribution >= 4 is 30.7 Å². The number of fused-ring (bicyclic) bond motifs is 1. The number of halogens is 1. The lowest BCUT2D eigenvalue weighted by molar-refractivity contribution is 0.00578.